The maximum Gasteiger partial charge on any atom is 0.240 e. The van der Waals surface area contributed by atoms with Gasteiger partial charge in [-0.15, -0.1) is 0 Å². The van der Waals surface area contributed by atoms with Crippen LogP contribution >= 0.6 is 0 Å². The molecule has 0 amide bonds. The van der Waals surface area contributed by atoms with Crippen LogP contribution < -0.4 is 20.1 Å². The van der Waals surface area contributed by atoms with Gasteiger partial charge in [0.15, 0.2) is 11.6 Å². The maximum absolute atomic E-state index is 13.3. The normalized spacial score (nSPS) is 11.2. The molecule has 0 aliphatic rings. The van der Waals surface area contributed by atoms with Crippen molar-refractivity contribution in [2.24, 2.45) is 0 Å². The minimum absolute atomic E-state index is 0.0140. The molecule has 0 spiro atoms. The van der Waals surface area contributed by atoms with Crippen LogP contribution in [0.2, 0.25) is 0 Å². The number of sulfonamides is 1. The molecule has 3 aromatic rings. The number of methoxy groups -OCH3 is 1. The Morgan fingerprint density at radius 3 is 2.39 bits per heavy atom. The number of halogens is 2. The summed E-state index contributed by atoms with van der Waals surface area (Å²) in [5.41, 5.74) is 1.51. The van der Waals surface area contributed by atoms with Crippen LogP contribution in [0.15, 0.2) is 53.4 Å². The molecule has 0 fully saturated rings. The number of hydrogen-bond donors (Lipinski definition) is 3. The summed E-state index contributed by atoms with van der Waals surface area (Å²) in [5.74, 6) is -0.745. The van der Waals surface area contributed by atoms with E-state index in [0.29, 0.717) is 23.5 Å². The molecule has 0 atom stereocenters. The third-order valence-corrected chi connectivity index (χ3v) is 5.58. The number of benzene rings is 2. The van der Waals surface area contributed by atoms with E-state index in [1.807, 2.05) is 24.3 Å². The third kappa shape index (κ3) is 6.09. The Hall–Kier alpha value is -3.31. The van der Waals surface area contributed by atoms with Crippen molar-refractivity contribution < 1.29 is 21.9 Å². The van der Waals surface area contributed by atoms with Crippen molar-refractivity contribution in [3.63, 3.8) is 0 Å². The topological polar surface area (TPSA) is 105 Å². The Morgan fingerprint density at radius 2 is 1.71 bits per heavy atom. The van der Waals surface area contributed by atoms with E-state index in [-0.39, 0.29) is 18.0 Å². The molecule has 0 unspecified atom stereocenters. The largest absolute Gasteiger partial charge is 0.497 e. The fourth-order valence-electron chi connectivity index (χ4n) is 2.62. The molecule has 0 saturated heterocycles. The first-order valence-corrected chi connectivity index (χ1v) is 10.7. The van der Waals surface area contributed by atoms with Gasteiger partial charge in [0.2, 0.25) is 16.0 Å². The number of hydrogen-bond acceptors (Lipinski definition) is 7. The highest BCUT2D eigenvalue weighted by molar-refractivity contribution is 7.89. The zero-order chi connectivity index (χ0) is 22.4. The van der Waals surface area contributed by atoms with E-state index in [4.69, 9.17) is 4.74 Å². The van der Waals surface area contributed by atoms with Crippen LogP contribution in [0.1, 0.15) is 5.69 Å². The van der Waals surface area contributed by atoms with E-state index in [0.717, 1.165) is 23.6 Å². The Kier molecular flexibility index (Phi) is 6.98. The molecule has 0 aliphatic heterocycles. The summed E-state index contributed by atoms with van der Waals surface area (Å²) in [7, 11) is -2.39. The van der Waals surface area contributed by atoms with Gasteiger partial charge in [-0.05, 0) is 49.4 Å². The number of anilines is 3. The van der Waals surface area contributed by atoms with E-state index >= 15 is 0 Å². The van der Waals surface area contributed by atoms with Gasteiger partial charge >= 0.3 is 0 Å². The maximum atomic E-state index is 13.3. The van der Waals surface area contributed by atoms with E-state index in [2.05, 4.69) is 25.3 Å². The van der Waals surface area contributed by atoms with Crippen molar-refractivity contribution in [2.45, 2.75) is 11.8 Å². The van der Waals surface area contributed by atoms with Crippen LogP contribution in [0.3, 0.4) is 0 Å². The number of aryl methyl sites for hydroxylation is 1. The minimum atomic E-state index is -3.98. The number of aromatic nitrogens is 2. The zero-order valence-corrected chi connectivity index (χ0v) is 17.6. The van der Waals surface area contributed by atoms with Crippen LogP contribution in [0.4, 0.5) is 26.2 Å². The number of rotatable bonds is 9. The van der Waals surface area contributed by atoms with Crippen LogP contribution in [0, 0.1) is 18.6 Å². The average molecular weight is 449 g/mol. The highest BCUT2D eigenvalue weighted by Gasteiger charge is 2.16. The van der Waals surface area contributed by atoms with Crippen LogP contribution in [-0.4, -0.2) is 38.6 Å². The smallest absolute Gasteiger partial charge is 0.240 e. The highest BCUT2D eigenvalue weighted by Crippen LogP contribution is 2.20. The molecule has 164 valence electrons. The van der Waals surface area contributed by atoms with E-state index in [1.54, 1.807) is 20.1 Å². The zero-order valence-electron chi connectivity index (χ0n) is 16.8. The molecule has 1 heterocycles. The monoisotopic (exact) mass is 449 g/mol. The Labute approximate surface area is 178 Å². The lowest BCUT2D eigenvalue weighted by Gasteiger charge is -2.11. The lowest BCUT2D eigenvalue weighted by Crippen LogP contribution is -2.29. The molecule has 1 aromatic heterocycles. The summed E-state index contributed by atoms with van der Waals surface area (Å²) in [6.07, 6.45) is 0. The van der Waals surface area contributed by atoms with Gasteiger partial charge in [0.1, 0.15) is 11.6 Å². The second-order valence-electron chi connectivity index (χ2n) is 6.47. The summed E-state index contributed by atoms with van der Waals surface area (Å²) >= 11 is 0. The molecule has 11 heteroatoms. The summed E-state index contributed by atoms with van der Waals surface area (Å²) in [6.45, 7) is 1.96. The summed E-state index contributed by atoms with van der Waals surface area (Å²) in [4.78, 5) is 8.26. The molecule has 8 nitrogen and oxygen atoms in total. The van der Waals surface area contributed by atoms with E-state index < -0.39 is 21.7 Å². The van der Waals surface area contributed by atoms with Gasteiger partial charge in [0, 0.05) is 30.5 Å². The van der Waals surface area contributed by atoms with Crippen molar-refractivity contribution in [1.29, 1.82) is 0 Å². The van der Waals surface area contributed by atoms with Crippen molar-refractivity contribution in [3.8, 4) is 5.75 Å². The summed E-state index contributed by atoms with van der Waals surface area (Å²) in [5, 5.41) is 6.09. The third-order valence-electron chi connectivity index (χ3n) is 4.12. The van der Waals surface area contributed by atoms with Gasteiger partial charge in [0.05, 0.1) is 12.0 Å². The van der Waals surface area contributed by atoms with Gasteiger partial charge in [-0.3, -0.25) is 0 Å². The van der Waals surface area contributed by atoms with Gasteiger partial charge < -0.3 is 15.4 Å². The Morgan fingerprint density at radius 1 is 0.968 bits per heavy atom. The molecular formula is C20H21F2N5O3S. The fourth-order valence-corrected chi connectivity index (χ4v) is 3.66. The van der Waals surface area contributed by atoms with Crippen molar-refractivity contribution in [1.82, 2.24) is 14.7 Å². The van der Waals surface area contributed by atoms with Gasteiger partial charge in [-0.25, -0.2) is 26.9 Å². The van der Waals surface area contributed by atoms with E-state index in [9.17, 15) is 17.2 Å². The minimum Gasteiger partial charge on any atom is -0.497 e. The standard InChI is InChI=1S/C20H21F2N5O3S/c1-13-11-19(26-14-3-5-15(30-2)6-4-14)27-20(25-13)23-9-10-24-31(28,29)16-7-8-17(21)18(22)12-16/h3-8,11-12,24H,9-10H2,1-2H3,(H2,23,25,26,27). The van der Waals surface area contributed by atoms with Crippen LogP contribution in [0.25, 0.3) is 0 Å². The molecule has 31 heavy (non-hydrogen) atoms. The van der Waals surface area contributed by atoms with Gasteiger partial charge in [-0.2, -0.15) is 4.98 Å². The number of ether oxygens (including phenoxy) is 1. The first-order chi connectivity index (χ1) is 14.8. The SMILES string of the molecule is COc1ccc(Nc2cc(C)nc(NCCNS(=O)(=O)c3ccc(F)c(F)c3)n2)cc1. The molecule has 0 aliphatic carbocycles. The second-order valence-corrected chi connectivity index (χ2v) is 8.24. The van der Waals surface area contributed by atoms with Crippen LogP contribution in [-0.2, 0) is 10.0 Å². The van der Waals surface area contributed by atoms with E-state index in [1.165, 1.54) is 0 Å². The van der Waals surface area contributed by atoms with Crippen molar-refractivity contribution in [2.75, 3.05) is 30.8 Å². The predicted octanol–water partition coefficient (Wildman–Crippen LogP) is 3.21. The lowest BCUT2D eigenvalue weighted by atomic mass is 10.3. The highest BCUT2D eigenvalue weighted by atomic mass is 32.2. The van der Waals surface area contributed by atoms with Gasteiger partial charge in [0.25, 0.3) is 0 Å². The van der Waals surface area contributed by atoms with Gasteiger partial charge in [-0.1, -0.05) is 0 Å². The first kappa shape index (κ1) is 22.4. The summed E-state index contributed by atoms with van der Waals surface area (Å²) in [6, 6.07) is 11.5. The van der Waals surface area contributed by atoms with Crippen molar-refractivity contribution in [3.05, 3.63) is 65.9 Å². The number of nitrogens with one attached hydrogen (secondary N) is 3. The molecule has 2 aromatic carbocycles. The first-order valence-electron chi connectivity index (χ1n) is 9.22. The van der Waals surface area contributed by atoms with Crippen molar-refractivity contribution >= 4 is 27.5 Å². The molecule has 0 saturated carbocycles. The quantitative estimate of drug-likeness (QED) is 0.431. The summed E-state index contributed by atoms with van der Waals surface area (Å²) < 4.78 is 58.1. The Balaban J connectivity index is 1.58. The lowest BCUT2D eigenvalue weighted by molar-refractivity contribution is 0.415. The number of nitrogens with zero attached hydrogens (tertiary/aromatic N) is 2. The fraction of sp³-hybridized carbons (Fsp3) is 0.200. The second kappa shape index (κ2) is 9.67. The Bertz CT molecular complexity index is 1160. The predicted molar refractivity (Wildman–Crippen MR) is 113 cm³/mol. The molecule has 3 rings (SSSR count). The molecule has 0 radical (unpaired) electrons. The molecule has 3 N–H and O–H groups in total. The average Bonchev–Trinajstić information content (AvgIpc) is 2.73. The van der Waals surface area contributed by atoms with Crippen LogP contribution in [0.5, 0.6) is 5.75 Å². The molecule has 0 bridgehead atoms. The molecular weight excluding hydrogens is 428 g/mol.